The van der Waals surface area contributed by atoms with Gasteiger partial charge in [-0.3, -0.25) is 9.59 Å². The number of carbonyl (C=O) groups excluding carboxylic acids is 2. The number of ether oxygens (including phenoxy) is 1. The molecule has 0 bridgehead atoms. The molecule has 0 radical (unpaired) electrons. The largest absolute Gasteiger partial charge is 0.480 e. The predicted octanol–water partition coefficient (Wildman–Crippen LogP) is 4.04. The summed E-state index contributed by atoms with van der Waals surface area (Å²) in [6.07, 6.45) is -0.566. The maximum atomic E-state index is 12.7. The van der Waals surface area contributed by atoms with E-state index in [1.165, 1.54) is 4.90 Å². The number of aromatic nitrogens is 1. The van der Waals surface area contributed by atoms with Crippen molar-refractivity contribution in [1.29, 1.82) is 0 Å². The van der Waals surface area contributed by atoms with Crippen molar-refractivity contribution >= 4 is 29.3 Å². The highest BCUT2D eigenvalue weighted by Crippen LogP contribution is 2.44. The first-order valence-corrected chi connectivity index (χ1v) is 11.8. The molecule has 0 spiro atoms. The molecule has 0 unspecified atom stereocenters. The zero-order valence-electron chi connectivity index (χ0n) is 18.9. The first kappa shape index (κ1) is 23.4. The molecule has 0 atom stereocenters. The van der Waals surface area contributed by atoms with E-state index in [9.17, 15) is 14.4 Å². The number of fused-ring (bicyclic) bond motifs is 3. The number of thiazole rings is 1. The zero-order valence-corrected chi connectivity index (χ0v) is 19.7. The summed E-state index contributed by atoms with van der Waals surface area (Å²) in [4.78, 5) is 42.0. The number of carbonyl (C=O) groups is 3. The number of rotatable bonds is 8. The number of carboxylic acid groups (broad SMARTS) is 1. The minimum atomic E-state index is -1.07. The van der Waals surface area contributed by atoms with Gasteiger partial charge < -0.3 is 20.1 Å². The van der Waals surface area contributed by atoms with Gasteiger partial charge in [0.2, 0.25) is 0 Å². The van der Waals surface area contributed by atoms with E-state index in [-0.39, 0.29) is 38.1 Å². The Labute approximate surface area is 201 Å². The average molecular weight is 480 g/mol. The summed E-state index contributed by atoms with van der Waals surface area (Å²) >= 11 is 1.14. The second-order valence-corrected chi connectivity index (χ2v) is 9.00. The highest BCUT2D eigenvalue weighted by molar-refractivity contribution is 7.13. The molecule has 3 aromatic rings. The number of hydrogen-bond acceptors (Lipinski definition) is 6. The lowest BCUT2D eigenvalue weighted by atomic mass is 9.98. The molecule has 8 nitrogen and oxygen atoms in total. The van der Waals surface area contributed by atoms with Crippen LogP contribution in [0, 0.1) is 6.92 Å². The molecule has 1 heterocycles. The Kier molecular flexibility index (Phi) is 6.93. The van der Waals surface area contributed by atoms with Gasteiger partial charge in [-0.05, 0) is 36.1 Å². The van der Waals surface area contributed by atoms with Crippen molar-refractivity contribution in [3.05, 3.63) is 75.2 Å². The maximum Gasteiger partial charge on any atom is 0.407 e. The highest BCUT2D eigenvalue weighted by atomic mass is 32.1. The lowest BCUT2D eigenvalue weighted by Crippen LogP contribution is -2.35. The molecule has 34 heavy (non-hydrogen) atoms. The molecule has 1 aromatic heterocycles. The van der Waals surface area contributed by atoms with Crippen LogP contribution in [0.25, 0.3) is 11.1 Å². The van der Waals surface area contributed by atoms with Gasteiger partial charge in [0.15, 0.2) is 0 Å². The number of carboxylic acids is 1. The third-order valence-electron chi connectivity index (χ3n) is 5.76. The number of aliphatic carboxylic acids is 1. The number of hydrogen-bond donors (Lipinski definition) is 2. The van der Waals surface area contributed by atoms with E-state index < -0.39 is 12.1 Å². The molecule has 1 aliphatic rings. The van der Waals surface area contributed by atoms with Crippen molar-refractivity contribution in [1.82, 2.24) is 15.2 Å². The maximum absolute atomic E-state index is 12.7. The van der Waals surface area contributed by atoms with Crippen LogP contribution in [0.1, 0.15) is 44.3 Å². The second-order valence-electron chi connectivity index (χ2n) is 7.91. The Morgan fingerprint density at radius 2 is 1.71 bits per heavy atom. The van der Waals surface area contributed by atoms with E-state index in [2.05, 4.69) is 34.6 Å². The summed E-state index contributed by atoms with van der Waals surface area (Å²) < 4.78 is 5.53. The van der Waals surface area contributed by atoms with Crippen molar-refractivity contribution in [3.63, 3.8) is 0 Å². The summed E-state index contributed by atoms with van der Waals surface area (Å²) in [7, 11) is 0. The van der Waals surface area contributed by atoms with E-state index in [0.717, 1.165) is 33.6 Å². The fraction of sp³-hybridized carbons (Fsp3) is 0.280. The molecule has 9 heteroatoms. The molecule has 0 fully saturated rings. The van der Waals surface area contributed by atoms with Crippen LogP contribution in [0.5, 0.6) is 0 Å². The monoisotopic (exact) mass is 479 g/mol. The van der Waals surface area contributed by atoms with E-state index in [1.807, 2.05) is 24.3 Å². The van der Waals surface area contributed by atoms with Gasteiger partial charge in [-0.25, -0.2) is 9.78 Å². The fourth-order valence-corrected chi connectivity index (χ4v) is 5.13. The lowest BCUT2D eigenvalue weighted by molar-refractivity contribution is -0.137. The summed E-state index contributed by atoms with van der Waals surface area (Å²) in [5.74, 6) is -1.49. The number of nitrogens with one attached hydrogen (secondary N) is 1. The first-order valence-electron chi connectivity index (χ1n) is 10.9. The van der Waals surface area contributed by atoms with Gasteiger partial charge in [0.05, 0.1) is 12.2 Å². The van der Waals surface area contributed by atoms with Crippen molar-refractivity contribution < 1.29 is 24.2 Å². The van der Waals surface area contributed by atoms with Crippen LogP contribution < -0.4 is 5.32 Å². The molecule has 2 N–H and O–H groups in total. The summed E-state index contributed by atoms with van der Waals surface area (Å²) in [5.41, 5.74) is 5.09. The van der Waals surface area contributed by atoms with Crippen molar-refractivity contribution in [2.75, 3.05) is 19.7 Å². The number of aryl methyl sites for hydroxylation is 1. The van der Waals surface area contributed by atoms with E-state index in [4.69, 9.17) is 9.84 Å². The number of likely N-dealkylation sites (N-methyl/N-ethyl adjacent to an activating group) is 1. The SMILES string of the molecule is CCN(CC(=O)O)C(=O)c1sc(CNC(=O)OCC2c3ccccc3-c3ccccc32)nc1C. The van der Waals surface area contributed by atoms with Crippen LogP contribution in [-0.2, 0) is 16.1 Å². The fourth-order valence-electron chi connectivity index (χ4n) is 4.16. The van der Waals surface area contributed by atoms with E-state index in [1.54, 1.807) is 13.8 Å². The second kappa shape index (κ2) is 10.0. The third kappa shape index (κ3) is 4.79. The topological polar surface area (TPSA) is 109 Å². The van der Waals surface area contributed by atoms with Gasteiger partial charge in [-0.15, -0.1) is 11.3 Å². The van der Waals surface area contributed by atoms with Crippen molar-refractivity contribution in [2.24, 2.45) is 0 Å². The minimum absolute atomic E-state index is 0.0289. The highest BCUT2D eigenvalue weighted by Gasteiger charge is 2.29. The van der Waals surface area contributed by atoms with Crippen LogP contribution in [0.4, 0.5) is 4.79 Å². The number of nitrogens with zero attached hydrogens (tertiary/aromatic N) is 2. The number of benzene rings is 2. The normalized spacial score (nSPS) is 12.1. The lowest BCUT2D eigenvalue weighted by Gasteiger charge is -2.17. The van der Waals surface area contributed by atoms with Crippen LogP contribution >= 0.6 is 11.3 Å². The van der Waals surface area contributed by atoms with Crippen LogP contribution in [0.15, 0.2) is 48.5 Å². The van der Waals surface area contributed by atoms with Gasteiger partial charge >= 0.3 is 12.1 Å². The molecular formula is C25H25N3O5S. The number of alkyl carbamates (subject to hydrolysis) is 1. The Morgan fingerprint density at radius 1 is 1.09 bits per heavy atom. The van der Waals surface area contributed by atoms with Crippen LogP contribution in [0.3, 0.4) is 0 Å². The smallest absolute Gasteiger partial charge is 0.407 e. The Hall–Kier alpha value is -3.72. The summed E-state index contributed by atoms with van der Waals surface area (Å²) in [6.45, 7) is 3.63. The zero-order chi connectivity index (χ0) is 24.2. The van der Waals surface area contributed by atoms with Gasteiger partial charge in [0.1, 0.15) is 23.0 Å². The Balaban J connectivity index is 1.36. The average Bonchev–Trinajstić information content (AvgIpc) is 3.37. The Morgan fingerprint density at radius 3 is 2.29 bits per heavy atom. The van der Waals surface area contributed by atoms with Gasteiger partial charge in [-0.2, -0.15) is 0 Å². The minimum Gasteiger partial charge on any atom is -0.480 e. The molecule has 0 aliphatic heterocycles. The standard InChI is InChI=1S/C25H25N3O5S/c1-3-28(13-22(29)30)24(31)23-15(2)27-21(34-23)12-26-25(32)33-14-20-18-10-6-4-8-16(18)17-9-5-7-11-19(17)20/h4-11,20H,3,12-14H2,1-2H3,(H,26,32)(H,29,30). The van der Waals surface area contributed by atoms with Gasteiger partial charge in [0.25, 0.3) is 5.91 Å². The quantitative estimate of drug-likeness (QED) is 0.505. The molecule has 4 rings (SSSR count). The van der Waals surface area contributed by atoms with Gasteiger partial charge in [-0.1, -0.05) is 48.5 Å². The van der Waals surface area contributed by atoms with Crippen molar-refractivity contribution in [2.45, 2.75) is 26.3 Å². The molecular weight excluding hydrogens is 454 g/mol. The molecule has 0 saturated carbocycles. The first-order chi connectivity index (χ1) is 16.4. The molecule has 0 saturated heterocycles. The third-order valence-corrected chi connectivity index (χ3v) is 6.90. The number of amides is 2. The molecule has 2 aromatic carbocycles. The van der Waals surface area contributed by atoms with Crippen LogP contribution in [-0.4, -0.2) is 52.7 Å². The van der Waals surface area contributed by atoms with E-state index in [0.29, 0.717) is 15.6 Å². The van der Waals surface area contributed by atoms with Crippen molar-refractivity contribution in [3.8, 4) is 11.1 Å². The predicted molar refractivity (Wildman–Crippen MR) is 128 cm³/mol. The molecule has 1 aliphatic carbocycles. The van der Waals surface area contributed by atoms with E-state index >= 15 is 0 Å². The molecule has 2 amide bonds. The summed E-state index contributed by atoms with van der Waals surface area (Å²) in [5, 5.41) is 12.2. The Bertz CT molecular complexity index is 1190. The molecule has 176 valence electrons. The van der Waals surface area contributed by atoms with Gasteiger partial charge in [0, 0.05) is 12.5 Å². The van der Waals surface area contributed by atoms with Crippen LogP contribution in [0.2, 0.25) is 0 Å². The summed E-state index contributed by atoms with van der Waals surface area (Å²) in [6, 6.07) is 16.2.